The predicted molar refractivity (Wildman–Crippen MR) is 117 cm³/mol. The summed E-state index contributed by atoms with van der Waals surface area (Å²) in [6, 6.07) is 9.83. The number of hydrogen-bond acceptors (Lipinski definition) is 5. The number of nitrogens with zero attached hydrogens (tertiary/aromatic N) is 3. The smallest absolute Gasteiger partial charge is 0.265 e. The number of hydrogen-bond donors (Lipinski definition) is 1. The summed E-state index contributed by atoms with van der Waals surface area (Å²) in [6.45, 7) is 3.02. The Labute approximate surface area is 184 Å². The van der Waals surface area contributed by atoms with Crippen LogP contribution in [0.1, 0.15) is 49.1 Å². The molecule has 4 rings (SSSR count). The van der Waals surface area contributed by atoms with Crippen molar-refractivity contribution >= 4 is 23.2 Å². The number of benzene rings is 1. The molecule has 0 unspecified atom stereocenters. The lowest BCUT2D eigenvalue weighted by molar-refractivity contribution is 0.0702. The second kappa shape index (κ2) is 9.34. The highest BCUT2D eigenvalue weighted by Crippen LogP contribution is 2.24. The van der Waals surface area contributed by atoms with Gasteiger partial charge in [0.05, 0.1) is 16.3 Å². The van der Waals surface area contributed by atoms with Gasteiger partial charge in [0, 0.05) is 37.9 Å². The van der Waals surface area contributed by atoms with Gasteiger partial charge >= 0.3 is 0 Å². The van der Waals surface area contributed by atoms with Crippen molar-refractivity contribution in [1.82, 2.24) is 20.2 Å². The lowest BCUT2D eigenvalue weighted by atomic mass is 10.0. The zero-order valence-corrected chi connectivity index (χ0v) is 18.0. The first-order valence-electron chi connectivity index (χ1n) is 10.2. The van der Waals surface area contributed by atoms with Gasteiger partial charge in [0.1, 0.15) is 10.7 Å². The maximum absolute atomic E-state index is 13.1. The molecule has 6 nitrogen and oxygen atoms in total. The summed E-state index contributed by atoms with van der Waals surface area (Å²) in [6.07, 6.45) is 5.16. The van der Waals surface area contributed by atoms with Gasteiger partial charge in [-0.05, 0) is 49.6 Å². The van der Waals surface area contributed by atoms with E-state index >= 15 is 0 Å². The first-order chi connectivity index (χ1) is 15.0. The molecule has 0 bridgehead atoms. The van der Waals surface area contributed by atoms with E-state index in [1.807, 2.05) is 11.8 Å². The number of pyridine rings is 1. The molecule has 1 fully saturated rings. The van der Waals surface area contributed by atoms with Crippen LogP contribution in [0.5, 0.6) is 0 Å². The van der Waals surface area contributed by atoms with Crippen LogP contribution < -0.4 is 5.32 Å². The molecular weight excluding hydrogens is 415 g/mol. The van der Waals surface area contributed by atoms with Crippen LogP contribution in [0.25, 0.3) is 0 Å². The van der Waals surface area contributed by atoms with Gasteiger partial charge in [0.25, 0.3) is 11.8 Å². The molecule has 0 saturated carbocycles. The highest BCUT2D eigenvalue weighted by molar-refractivity contribution is 7.13. The molecule has 1 aromatic carbocycles. The van der Waals surface area contributed by atoms with E-state index in [1.54, 1.807) is 36.7 Å². The van der Waals surface area contributed by atoms with Crippen LogP contribution in [-0.4, -0.2) is 45.8 Å². The van der Waals surface area contributed by atoms with E-state index in [2.05, 4.69) is 15.3 Å². The maximum atomic E-state index is 13.1. The van der Waals surface area contributed by atoms with Gasteiger partial charge in [-0.15, -0.1) is 11.3 Å². The number of aryl methyl sites for hydroxylation is 1. The van der Waals surface area contributed by atoms with Crippen LogP contribution in [-0.2, 0) is 6.42 Å². The quantitative estimate of drug-likeness (QED) is 0.660. The largest absolute Gasteiger partial charge is 0.349 e. The minimum Gasteiger partial charge on any atom is -0.349 e. The molecule has 0 radical (unpaired) electrons. The highest BCUT2D eigenvalue weighted by Gasteiger charge is 2.27. The Balaban J connectivity index is 1.34. The third kappa shape index (κ3) is 5.14. The molecule has 2 aromatic heterocycles. The Kier molecular flexibility index (Phi) is 6.36. The van der Waals surface area contributed by atoms with E-state index in [0.29, 0.717) is 42.8 Å². The van der Waals surface area contributed by atoms with Crippen LogP contribution in [0.3, 0.4) is 0 Å². The summed E-state index contributed by atoms with van der Waals surface area (Å²) in [5.41, 5.74) is 2.22. The standard InChI is InChI=1S/C23H23FN4O2S/c1-15-21(31-20(26-15)13-16-4-6-18(24)7-5-16)23(30)28-11-8-19(9-12-28)27-22(29)17-3-2-10-25-14-17/h2-7,10,14,19H,8-9,11-13H2,1H3,(H,27,29). The zero-order valence-electron chi connectivity index (χ0n) is 17.2. The normalized spacial score (nSPS) is 14.5. The van der Waals surface area contributed by atoms with Gasteiger partial charge in [-0.1, -0.05) is 12.1 Å². The van der Waals surface area contributed by atoms with E-state index in [0.717, 1.165) is 16.3 Å². The second-order valence-corrected chi connectivity index (χ2v) is 8.69. The van der Waals surface area contributed by atoms with E-state index in [9.17, 15) is 14.0 Å². The van der Waals surface area contributed by atoms with E-state index < -0.39 is 0 Å². The van der Waals surface area contributed by atoms with Crippen molar-refractivity contribution in [2.24, 2.45) is 0 Å². The fourth-order valence-corrected chi connectivity index (χ4v) is 4.71. The first kappa shape index (κ1) is 21.1. The Morgan fingerprint density at radius 2 is 1.94 bits per heavy atom. The van der Waals surface area contributed by atoms with Gasteiger partial charge in [-0.25, -0.2) is 9.37 Å². The molecule has 2 amide bonds. The average Bonchev–Trinajstić information content (AvgIpc) is 3.16. The number of nitrogens with one attached hydrogen (secondary N) is 1. The Morgan fingerprint density at radius 1 is 1.19 bits per heavy atom. The van der Waals surface area contributed by atoms with Crippen LogP contribution in [0.15, 0.2) is 48.8 Å². The van der Waals surface area contributed by atoms with Crippen LogP contribution >= 0.6 is 11.3 Å². The topological polar surface area (TPSA) is 75.2 Å². The van der Waals surface area contributed by atoms with Crippen molar-refractivity contribution in [2.45, 2.75) is 32.2 Å². The number of aromatic nitrogens is 2. The molecule has 3 aromatic rings. The molecule has 1 aliphatic rings. The maximum Gasteiger partial charge on any atom is 0.265 e. The van der Waals surface area contributed by atoms with Crippen LogP contribution in [0.2, 0.25) is 0 Å². The van der Waals surface area contributed by atoms with E-state index in [4.69, 9.17) is 0 Å². The molecule has 1 N–H and O–H groups in total. The number of thiazole rings is 1. The van der Waals surface area contributed by atoms with Gasteiger partial charge < -0.3 is 10.2 Å². The van der Waals surface area contributed by atoms with Crippen molar-refractivity contribution in [2.75, 3.05) is 13.1 Å². The Morgan fingerprint density at radius 3 is 2.61 bits per heavy atom. The number of carbonyl (C=O) groups is 2. The lowest BCUT2D eigenvalue weighted by Gasteiger charge is -2.32. The molecule has 1 saturated heterocycles. The lowest BCUT2D eigenvalue weighted by Crippen LogP contribution is -2.46. The first-order valence-corrected chi connectivity index (χ1v) is 11.0. The minimum absolute atomic E-state index is 0.0163. The van der Waals surface area contributed by atoms with Crippen molar-refractivity contribution in [3.63, 3.8) is 0 Å². The third-order valence-corrected chi connectivity index (χ3v) is 6.49. The number of halogens is 1. The molecule has 0 aliphatic carbocycles. The van der Waals surface area contributed by atoms with Gasteiger partial charge in [-0.3, -0.25) is 14.6 Å². The zero-order chi connectivity index (χ0) is 21.8. The van der Waals surface area contributed by atoms with Crippen LogP contribution in [0.4, 0.5) is 4.39 Å². The van der Waals surface area contributed by atoms with Crippen LogP contribution in [0, 0.1) is 12.7 Å². The molecular formula is C23H23FN4O2S. The Bertz CT molecular complexity index is 1060. The van der Waals surface area contributed by atoms with Crippen molar-refractivity contribution in [1.29, 1.82) is 0 Å². The average molecular weight is 439 g/mol. The van der Waals surface area contributed by atoms with Crippen molar-refractivity contribution in [3.8, 4) is 0 Å². The summed E-state index contributed by atoms with van der Waals surface area (Å²) in [4.78, 5) is 36.3. The number of carbonyl (C=O) groups excluding carboxylic acids is 2. The highest BCUT2D eigenvalue weighted by atomic mass is 32.1. The summed E-state index contributed by atoms with van der Waals surface area (Å²) >= 11 is 1.40. The monoisotopic (exact) mass is 438 g/mol. The number of amides is 2. The number of piperidine rings is 1. The molecule has 8 heteroatoms. The molecule has 160 valence electrons. The fraction of sp³-hybridized carbons (Fsp3) is 0.304. The van der Waals surface area contributed by atoms with E-state index in [1.165, 1.54) is 23.5 Å². The Hall–Kier alpha value is -3.13. The van der Waals surface area contributed by atoms with Crippen molar-refractivity contribution in [3.05, 3.63) is 81.3 Å². The summed E-state index contributed by atoms with van der Waals surface area (Å²) in [5, 5.41) is 3.87. The van der Waals surface area contributed by atoms with Crippen molar-refractivity contribution < 1.29 is 14.0 Å². The minimum atomic E-state index is -0.269. The number of rotatable bonds is 5. The third-order valence-electron chi connectivity index (χ3n) is 5.34. The molecule has 0 spiro atoms. The summed E-state index contributed by atoms with van der Waals surface area (Å²) in [5.74, 6) is -0.422. The molecule has 0 atom stereocenters. The van der Waals surface area contributed by atoms with Gasteiger partial charge in [-0.2, -0.15) is 0 Å². The summed E-state index contributed by atoms with van der Waals surface area (Å²) in [7, 11) is 0. The SMILES string of the molecule is Cc1nc(Cc2ccc(F)cc2)sc1C(=O)N1CCC(NC(=O)c2cccnc2)CC1. The second-order valence-electron chi connectivity index (χ2n) is 7.61. The van der Waals surface area contributed by atoms with E-state index in [-0.39, 0.29) is 23.7 Å². The van der Waals surface area contributed by atoms with Gasteiger partial charge in [0.2, 0.25) is 0 Å². The molecule has 3 heterocycles. The number of likely N-dealkylation sites (tertiary alicyclic amines) is 1. The summed E-state index contributed by atoms with van der Waals surface area (Å²) < 4.78 is 13.1. The molecule has 31 heavy (non-hydrogen) atoms. The van der Waals surface area contributed by atoms with Gasteiger partial charge in [0.15, 0.2) is 0 Å². The predicted octanol–water partition coefficient (Wildman–Crippen LogP) is 3.61. The molecule has 1 aliphatic heterocycles. The fourth-order valence-electron chi connectivity index (χ4n) is 3.64.